The molecular formula is C12H11N3S. The molecule has 2 N–H and O–H groups in total. The van der Waals surface area contributed by atoms with Crippen molar-refractivity contribution in [3.63, 3.8) is 0 Å². The van der Waals surface area contributed by atoms with Crippen molar-refractivity contribution >= 4 is 32.3 Å². The van der Waals surface area contributed by atoms with E-state index < -0.39 is 0 Å². The number of fused-ring (bicyclic) bond motifs is 2. The number of hydrogen-bond acceptors (Lipinski definition) is 3. The van der Waals surface area contributed by atoms with Gasteiger partial charge in [-0.15, -0.1) is 0 Å². The van der Waals surface area contributed by atoms with Gasteiger partial charge in [-0.2, -0.15) is 5.10 Å². The molecule has 3 aromatic rings. The molecule has 0 bridgehead atoms. The lowest BCUT2D eigenvalue weighted by Gasteiger charge is -1.99. The Labute approximate surface area is 96.4 Å². The Bertz CT molecular complexity index is 737. The summed E-state index contributed by atoms with van der Waals surface area (Å²) >= 11 is 1.61. The molecule has 0 spiro atoms. The molecule has 1 aromatic heterocycles. The molecule has 1 heterocycles. The van der Waals surface area contributed by atoms with Crippen LogP contribution < -0.4 is 10.6 Å². The molecule has 0 atom stereocenters. The minimum atomic E-state index is 0.838. The molecule has 0 aliphatic carbocycles. The minimum absolute atomic E-state index is 0.838. The summed E-state index contributed by atoms with van der Waals surface area (Å²) in [4.78, 5) is 0.838. The van der Waals surface area contributed by atoms with Gasteiger partial charge in [-0.05, 0) is 22.9 Å². The van der Waals surface area contributed by atoms with Crippen molar-refractivity contribution in [3.8, 4) is 0 Å². The first-order valence-electron chi connectivity index (χ1n) is 5.02. The number of thiazole rings is 1. The van der Waals surface area contributed by atoms with E-state index in [1.54, 1.807) is 11.3 Å². The molecule has 2 aromatic carbocycles. The van der Waals surface area contributed by atoms with E-state index in [1.165, 1.54) is 21.0 Å². The average molecular weight is 229 g/mol. The summed E-state index contributed by atoms with van der Waals surface area (Å²) < 4.78 is 3.23. The third-order valence-electron chi connectivity index (χ3n) is 2.79. The lowest BCUT2D eigenvalue weighted by Crippen LogP contribution is -2.12. The van der Waals surface area contributed by atoms with Crippen LogP contribution in [0.1, 0.15) is 0 Å². The van der Waals surface area contributed by atoms with Gasteiger partial charge in [0.2, 0.25) is 4.80 Å². The number of nitrogens with zero attached hydrogens (tertiary/aromatic N) is 2. The predicted octanol–water partition coefficient (Wildman–Crippen LogP) is 2.17. The maximum atomic E-state index is 5.35. The second kappa shape index (κ2) is 3.35. The van der Waals surface area contributed by atoms with Crippen LogP contribution in [0.25, 0.3) is 21.0 Å². The fourth-order valence-corrected chi connectivity index (χ4v) is 2.91. The van der Waals surface area contributed by atoms with E-state index in [9.17, 15) is 0 Å². The van der Waals surface area contributed by atoms with E-state index in [2.05, 4.69) is 41.5 Å². The number of hydrogen-bond donors (Lipinski definition) is 1. The predicted molar refractivity (Wildman–Crippen MR) is 68.1 cm³/mol. The number of nitrogens with two attached hydrogens (primary N) is 1. The van der Waals surface area contributed by atoms with Crippen LogP contribution >= 0.6 is 11.3 Å². The fraction of sp³-hybridized carbons (Fsp3) is 0.0833. The maximum absolute atomic E-state index is 5.35. The molecule has 3 rings (SSSR count). The lowest BCUT2D eigenvalue weighted by molar-refractivity contribution is 0.888. The first kappa shape index (κ1) is 9.42. The molecule has 0 aliphatic heterocycles. The normalized spacial score (nSPS) is 12.7. The Morgan fingerprint density at radius 1 is 1.19 bits per heavy atom. The van der Waals surface area contributed by atoms with Crippen molar-refractivity contribution in [2.24, 2.45) is 18.0 Å². The molecule has 0 saturated carbocycles. The molecule has 0 amide bonds. The third-order valence-corrected chi connectivity index (χ3v) is 3.90. The number of benzene rings is 2. The highest BCUT2D eigenvalue weighted by molar-refractivity contribution is 7.16. The number of aryl methyl sites for hydroxylation is 1. The maximum Gasteiger partial charge on any atom is 0.208 e. The zero-order valence-electron chi connectivity index (χ0n) is 8.84. The van der Waals surface area contributed by atoms with Crippen LogP contribution in [0.15, 0.2) is 41.5 Å². The van der Waals surface area contributed by atoms with Gasteiger partial charge in [0.1, 0.15) is 0 Å². The highest BCUT2D eigenvalue weighted by Crippen LogP contribution is 2.23. The zero-order valence-corrected chi connectivity index (χ0v) is 9.66. The first-order chi connectivity index (χ1) is 7.79. The topological polar surface area (TPSA) is 43.3 Å². The Balaban J connectivity index is 2.54. The second-order valence-corrected chi connectivity index (χ2v) is 4.75. The summed E-state index contributed by atoms with van der Waals surface area (Å²) in [6.45, 7) is 0. The Hall–Kier alpha value is -1.81. The van der Waals surface area contributed by atoms with Gasteiger partial charge < -0.3 is 10.4 Å². The average Bonchev–Trinajstić information content (AvgIpc) is 2.63. The summed E-state index contributed by atoms with van der Waals surface area (Å²) in [6, 6.07) is 12.7. The van der Waals surface area contributed by atoms with Crippen LogP contribution in [0.3, 0.4) is 0 Å². The summed E-state index contributed by atoms with van der Waals surface area (Å²) in [7, 11) is 1.99. The van der Waals surface area contributed by atoms with Gasteiger partial charge in [0.25, 0.3) is 0 Å². The molecule has 80 valence electrons. The molecule has 0 saturated heterocycles. The van der Waals surface area contributed by atoms with E-state index in [4.69, 9.17) is 5.84 Å². The van der Waals surface area contributed by atoms with Gasteiger partial charge in [0.05, 0.1) is 10.2 Å². The fourth-order valence-electron chi connectivity index (χ4n) is 1.93. The van der Waals surface area contributed by atoms with E-state index >= 15 is 0 Å². The summed E-state index contributed by atoms with van der Waals surface area (Å²) in [6.07, 6.45) is 0. The van der Waals surface area contributed by atoms with Crippen LogP contribution in [0.4, 0.5) is 0 Å². The number of aromatic nitrogens is 1. The second-order valence-electron chi connectivity index (χ2n) is 3.74. The van der Waals surface area contributed by atoms with Gasteiger partial charge in [0.15, 0.2) is 0 Å². The quantitative estimate of drug-likeness (QED) is 0.466. The third kappa shape index (κ3) is 1.23. The SMILES string of the molecule is Cn1/c(=N\N)sc2cc3ccccc3cc21. The first-order valence-corrected chi connectivity index (χ1v) is 5.83. The van der Waals surface area contributed by atoms with Crippen molar-refractivity contribution in [2.75, 3.05) is 0 Å². The van der Waals surface area contributed by atoms with E-state index in [1.807, 2.05) is 11.6 Å². The van der Waals surface area contributed by atoms with Gasteiger partial charge in [0, 0.05) is 7.05 Å². The summed E-state index contributed by atoms with van der Waals surface area (Å²) in [5, 5.41) is 6.27. The standard InChI is InChI=1S/C12H11N3S/c1-15-10-6-8-4-2-3-5-9(8)7-11(10)16-12(15)14-13/h2-7H,13H2,1H3/b14-12+. The smallest absolute Gasteiger partial charge is 0.208 e. The summed E-state index contributed by atoms with van der Waals surface area (Å²) in [5.41, 5.74) is 1.17. The van der Waals surface area contributed by atoms with Crippen molar-refractivity contribution < 1.29 is 0 Å². The van der Waals surface area contributed by atoms with Gasteiger partial charge >= 0.3 is 0 Å². The van der Waals surface area contributed by atoms with Gasteiger partial charge in [-0.25, -0.2) is 0 Å². The molecule has 16 heavy (non-hydrogen) atoms. The molecule has 0 radical (unpaired) electrons. The Morgan fingerprint density at radius 3 is 2.56 bits per heavy atom. The van der Waals surface area contributed by atoms with Crippen molar-refractivity contribution in [1.29, 1.82) is 0 Å². The molecule has 4 heteroatoms. The highest BCUT2D eigenvalue weighted by atomic mass is 32.1. The zero-order chi connectivity index (χ0) is 11.1. The monoisotopic (exact) mass is 229 g/mol. The largest absolute Gasteiger partial charge is 0.320 e. The van der Waals surface area contributed by atoms with Crippen molar-refractivity contribution in [2.45, 2.75) is 0 Å². The molecule has 3 nitrogen and oxygen atoms in total. The van der Waals surface area contributed by atoms with E-state index in [0.717, 1.165) is 4.80 Å². The molecule has 0 unspecified atom stereocenters. The van der Waals surface area contributed by atoms with Crippen molar-refractivity contribution in [3.05, 3.63) is 41.2 Å². The van der Waals surface area contributed by atoms with Crippen LogP contribution in [0.2, 0.25) is 0 Å². The van der Waals surface area contributed by atoms with Crippen LogP contribution in [-0.4, -0.2) is 4.57 Å². The van der Waals surface area contributed by atoms with Crippen LogP contribution in [0, 0.1) is 0 Å². The van der Waals surface area contributed by atoms with E-state index in [-0.39, 0.29) is 0 Å². The summed E-state index contributed by atoms with van der Waals surface area (Å²) in [5.74, 6) is 5.35. The lowest BCUT2D eigenvalue weighted by atomic mass is 10.1. The van der Waals surface area contributed by atoms with Gasteiger partial charge in [-0.3, -0.25) is 0 Å². The minimum Gasteiger partial charge on any atom is -0.320 e. The molecular weight excluding hydrogens is 218 g/mol. The van der Waals surface area contributed by atoms with E-state index in [0.29, 0.717) is 0 Å². The van der Waals surface area contributed by atoms with Gasteiger partial charge in [-0.1, -0.05) is 35.6 Å². The molecule has 0 aliphatic rings. The Morgan fingerprint density at radius 2 is 1.88 bits per heavy atom. The molecule has 0 fully saturated rings. The van der Waals surface area contributed by atoms with Crippen LogP contribution in [0.5, 0.6) is 0 Å². The highest BCUT2D eigenvalue weighted by Gasteiger charge is 2.04. The number of rotatable bonds is 0. The van der Waals surface area contributed by atoms with Crippen LogP contribution in [-0.2, 0) is 7.05 Å². The Kier molecular flexibility index (Phi) is 1.97. The van der Waals surface area contributed by atoms with Crippen molar-refractivity contribution in [1.82, 2.24) is 4.57 Å².